The predicted molar refractivity (Wildman–Crippen MR) is 89.4 cm³/mol. The Balaban J connectivity index is 1.82. The summed E-state index contributed by atoms with van der Waals surface area (Å²) in [6, 6.07) is 9.37. The molecule has 0 spiro atoms. The second-order valence-corrected chi connectivity index (χ2v) is 6.10. The van der Waals surface area contributed by atoms with Crippen LogP contribution >= 0.6 is 0 Å². The van der Waals surface area contributed by atoms with Crippen molar-refractivity contribution in [3.8, 4) is 5.75 Å². The first-order valence-corrected chi connectivity index (χ1v) is 8.39. The lowest BCUT2D eigenvalue weighted by molar-refractivity contribution is -0.140. The lowest BCUT2D eigenvalue weighted by Gasteiger charge is -2.11. The van der Waals surface area contributed by atoms with Crippen molar-refractivity contribution in [2.24, 2.45) is 0 Å². The van der Waals surface area contributed by atoms with Crippen LogP contribution in [0, 0.1) is 5.82 Å². The molecule has 2 rings (SSSR count). The van der Waals surface area contributed by atoms with E-state index in [2.05, 4.69) is 5.32 Å². The van der Waals surface area contributed by atoms with Gasteiger partial charge in [0, 0.05) is 6.54 Å². The van der Waals surface area contributed by atoms with Crippen molar-refractivity contribution in [2.45, 2.75) is 31.7 Å². The smallest absolute Gasteiger partial charge is 0.419 e. The van der Waals surface area contributed by atoms with E-state index in [4.69, 9.17) is 4.74 Å². The Morgan fingerprint density at radius 3 is 2.32 bits per heavy atom. The summed E-state index contributed by atoms with van der Waals surface area (Å²) in [5.74, 6) is -1.01. The number of rotatable bonds is 8. The van der Waals surface area contributed by atoms with Gasteiger partial charge in [-0.1, -0.05) is 18.2 Å². The van der Waals surface area contributed by atoms with Crippen molar-refractivity contribution in [1.29, 1.82) is 0 Å². The zero-order chi connectivity index (χ0) is 20.8. The second kappa shape index (κ2) is 9.27. The molecule has 0 unspecified atom stereocenters. The Morgan fingerprint density at radius 2 is 1.64 bits per heavy atom. The van der Waals surface area contributed by atoms with E-state index < -0.39 is 36.8 Å². The lowest BCUT2D eigenvalue weighted by atomic mass is 10.1. The van der Waals surface area contributed by atoms with Gasteiger partial charge < -0.3 is 10.1 Å². The highest BCUT2D eigenvalue weighted by atomic mass is 19.4. The van der Waals surface area contributed by atoms with E-state index in [9.17, 15) is 30.7 Å². The zero-order valence-corrected chi connectivity index (χ0v) is 14.6. The first-order valence-electron chi connectivity index (χ1n) is 8.39. The fourth-order valence-electron chi connectivity index (χ4n) is 2.44. The van der Waals surface area contributed by atoms with Gasteiger partial charge in [0.05, 0.1) is 18.6 Å². The number of hydrogen-bond acceptors (Lipinski definition) is 2. The molecule has 2 nitrogen and oxygen atoms in total. The average molecular weight is 409 g/mol. The van der Waals surface area contributed by atoms with Crippen LogP contribution in [0.3, 0.4) is 0 Å². The fraction of sp³-hybridized carbons (Fsp3) is 0.368. The van der Waals surface area contributed by atoms with Gasteiger partial charge in [0.25, 0.3) is 0 Å². The van der Waals surface area contributed by atoms with Crippen molar-refractivity contribution in [2.75, 3.05) is 13.2 Å². The van der Waals surface area contributed by atoms with Crippen LogP contribution in [0.2, 0.25) is 0 Å². The molecular weight excluding hydrogens is 391 g/mol. The number of hydrogen-bond donors (Lipinski definition) is 1. The maximum atomic E-state index is 13.3. The molecule has 0 aliphatic heterocycles. The molecule has 0 radical (unpaired) electrons. The third-order valence-electron chi connectivity index (χ3n) is 3.81. The molecule has 28 heavy (non-hydrogen) atoms. The van der Waals surface area contributed by atoms with Crippen molar-refractivity contribution < 1.29 is 35.5 Å². The molecule has 0 atom stereocenters. The fourth-order valence-corrected chi connectivity index (χ4v) is 2.44. The first-order chi connectivity index (χ1) is 13.0. The standard InChI is InChI=1S/C19H18F7NO/c20-17-5-4-13(11-16(17)19(24,25)26)6-8-27-12-14-2-1-3-15(10-14)28-9-7-18(21,22)23/h1-5,10-11,27H,6-9,12H2. The van der Waals surface area contributed by atoms with Gasteiger partial charge in [0.1, 0.15) is 11.6 Å². The molecular formula is C19H18F7NO. The molecule has 1 N–H and O–H groups in total. The summed E-state index contributed by atoms with van der Waals surface area (Å²) in [4.78, 5) is 0. The highest BCUT2D eigenvalue weighted by Crippen LogP contribution is 2.32. The Kier molecular flexibility index (Phi) is 7.29. The molecule has 0 saturated heterocycles. The van der Waals surface area contributed by atoms with Gasteiger partial charge in [0.15, 0.2) is 0 Å². The van der Waals surface area contributed by atoms with Crippen LogP contribution in [0.1, 0.15) is 23.1 Å². The Hall–Kier alpha value is -2.29. The zero-order valence-electron chi connectivity index (χ0n) is 14.6. The van der Waals surface area contributed by atoms with E-state index in [1.54, 1.807) is 18.2 Å². The molecule has 154 valence electrons. The Bertz CT molecular complexity index is 772. The molecule has 0 bridgehead atoms. The number of benzene rings is 2. The summed E-state index contributed by atoms with van der Waals surface area (Å²) in [6.07, 6.45) is -9.83. The molecule has 0 aliphatic rings. The predicted octanol–water partition coefficient (Wildman–Crippen LogP) is 5.51. The third-order valence-corrected chi connectivity index (χ3v) is 3.81. The van der Waals surface area contributed by atoms with Crippen LogP contribution in [-0.2, 0) is 19.1 Å². The van der Waals surface area contributed by atoms with Gasteiger partial charge in [-0.25, -0.2) is 4.39 Å². The van der Waals surface area contributed by atoms with E-state index >= 15 is 0 Å². The molecule has 9 heteroatoms. The summed E-state index contributed by atoms with van der Waals surface area (Å²) in [5, 5.41) is 3.02. The molecule has 0 saturated carbocycles. The number of nitrogens with one attached hydrogen (secondary N) is 1. The summed E-state index contributed by atoms with van der Waals surface area (Å²) in [6.45, 7) is 0.207. The Labute approximate surface area is 157 Å². The average Bonchev–Trinajstić information content (AvgIpc) is 2.58. The molecule has 0 fully saturated rings. The molecule has 0 aliphatic carbocycles. The van der Waals surface area contributed by atoms with Crippen molar-refractivity contribution in [3.05, 3.63) is 65.0 Å². The lowest BCUT2D eigenvalue weighted by Crippen LogP contribution is -2.17. The van der Waals surface area contributed by atoms with Gasteiger partial charge in [-0.2, -0.15) is 26.3 Å². The van der Waals surface area contributed by atoms with Gasteiger partial charge in [-0.3, -0.25) is 0 Å². The van der Waals surface area contributed by atoms with Crippen LogP contribution in [0.15, 0.2) is 42.5 Å². The quantitative estimate of drug-likeness (QED) is 0.459. The number of ether oxygens (including phenoxy) is 1. The van der Waals surface area contributed by atoms with Gasteiger partial charge in [-0.05, 0) is 48.4 Å². The topological polar surface area (TPSA) is 21.3 Å². The van der Waals surface area contributed by atoms with Crippen molar-refractivity contribution >= 4 is 0 Å². The van der Waals surface area contributed by atoms with Crippen LogP contribution in [0.4, 0.5) is 30.7 Å². The summed E-state index contributed by atoms with van der Waals surface area (Å²) >= 11 is 0. The largest absolute Gasteiger partial charge is 0.493 e. The molecule has 0 heterocycles. The molecule has 2 aromatic rings. The molecule has 0 amide bonds. The second-order valence-electron chi connectivity index (χ2n) is 6.10. The van der Waals surface area contributed by atoms with E-state index in [0.29, 0.717) is 24.4 Å². The minimum atomic E-state index is -4.75. The van der Waals surface area contributed by atoms with E-state index in [1.807, 2.05) is 0 Å². The van der Waals surface area contributed by atoms with Crippen molar-refractivity contribution in [3.63, 3.8) is 0 Å². The Morgan fingerprint density at radius 1 is 0.893 bits per heavy atom. The van der Waals surface area contributed by atoms with Crippen LogP contribution < -0.4 is 10.1 Å². The number of halogens is 7. The van der Waals surface area contributed by atoms with Crippen LogP contribution in [0.5, 0.6) is 5.75 Å². The first kappa shape index (κ1) is 22.0. The summed E-state index contributed by atoms with van der Waals surface area (Å²) in [5.41, 5.74) is -0.209. The van der Waals surface area contributed by atoms with E-state index in [-0.39, 0.29) is 6.42 Å². The normalized spacial score (nSPS) is 12.2. The SMILES string of the molecule is Fc1ccc(CCNCc2cccc(OCCC(F)(F)F)c2)cc1C(F)(F)F. The van der Waals surface area contributed by atoms with Crippen LogP contribution in [0.25, 0.3) is 0 Å². The monoisotopic (exact) mass is 409 g/mol. The van der Waals surface area contributed by atoms with Gasteiger partial charge in [-0.15, -0.1) is 0 Å². The molecule has 2 aromatic carbocycles. The maximum Gasteiger partial charge on any atom is 0.419 e. The number of alkyl halides is 6. The highest BCUT2D eigenvalue weighted by Gasteiger charge is 2.34. The minimum Gasteiger partial charge on any atom is -0.493 e. The van der Waals surface area contributed by atoms with E-state index in [1.165, 1.54) is 12.1 Å². The maximum absolute atomic E-state index is 13.3. The highest BCUT2D eigenvalue weighted by molar-refractivity contribution is 5.29. The summed E-state index contributed by atoms with van der Waals surface area (Å²) < 4.78 is 92.8. The molecule has 0 aromatic heterocycles. The summed E-state index contributed by atoms with van der Waals surface area (Å²) in [7, 11) is 0. The van der Waals surface area contributed by atoms with Crippen LogP contribution in [-0.4, -0.2) is 19.3 Å². The van der Waals surface area contributed by atoms with Gasteiger partial charge in [0.2, 0.25) is 0 Å². The third kappa shape index (κ3) is 7.38. The van der Waals surface area contributed by atoms with Gasteiger partial charge >= 0.3 is 12.4 Å². The minimum absolute atomic E-state index is 0.255. The van der Waals surface area contributed by atoms with E-state index in [0.717, 1.165) is 17.7 Å². The van der Waals surface area contributed by atoms with Crippen molar-refractivity contribution in [1.82, 2.24) is 5.32 Å².